The van der Waals surface area contributed by atoms with Gasteiger partial charge in [-0.15, -0.1) is 11.3 Å². The summed E-state index contributed by atoms with van der Waals surface area (Å²) in [6.07, 6.45) is 6.29. The highest BCUT2D eigenvalue weighted by molar-refractivity contribution is 7.13. The number of aromatic carboxylic acids is 1. The maximum atomic E-state index is 10.7. The van der Waals surface area contributed by atoms with Crippen LogP contribution in [-0.2, 0) is 0 Å². The second-order valence-corrected chi connectivity index (χ2v) is 5.39. The highest BCUT2D eigenvalue weighted by Crippen LogP contribution is 2.36. The van der Waals surface area contributed by atoms with E-state index in [1.165, 1.54) is 30.4 Å². The first-order valence-corrected chi connectivity index (χ1v) is 6.17. The molecule has 0 saturated heterocycles. The number of thiazole rings is 1. The second kappa shape index (κ2) is 4.31. The first-order chi connectivity index (χ1) is 7.16. The lowest BCUT2D eigenvalue weighted by Crippen LogP contribution is -2.10. The number of aromatic nitrogens is 1. The second-order valence-electron chi connectivity index (χ2n) is 4.32. The van der Waals surface area contributed by atoms with Crippen molar-refractivity contribution < 1.29 is 9.90 Å². The fraction of sp³-hybridized carbons (Fsp3) is 0.636. The molecule has 0 radical (unpaired) electrons. The fourth-order valence-electron chi connectivity index (χ4n) is 2.08. The van der Waals surface area contributed by atoms with Crippen LogP contribution in [0.25, 0.3) is 0 Å². The largest absolute Gasteiger partial charge is 0.477 e. The molecule has 1 saturated carbocycles. The summed E-state index contributed by atoms with van der Waals surface area (Å²) in [6.45, 7) is 2.28. The van der Waals surface area contributed by atoms with E-state index in [0.717, 1.165) is 23.8 Å². The summed E-state index contributed by atoms with van der Waals surface area (Å²) in [7, 11) is 0. The first-order valence-electron chi connectivity index (χ1n) is 5.36. The Morgan fingerprint density at radius 2 is 2.13 bits per heavy atom. The molecule has 1 aliphatic rings. The molecule has 2 rings (SSSR count). The maximum absolute atomic E-state index is 10.7. The van der Waals surface area contributed by atoms with Crippen molar-refractivity contribution in [3.05, 3.63) is 16.1 Å². The van der Waals surface area contributed by atoms with E-state index < -0.39 is 5.97 Å². The predicted molar refractivity (Wildman–Crippen MR) is 59.4 cm³/mol. The molecule has 0 aliphatic heterocycles. The van der Waals surface area contributed by atoms with Gasteiger partial charge in [-0.05, 0) is 18.8 Å². The van der Waals surface area contributed by atoms with Crippen LogP contribution >= 0.6 is 11.3 Å². The summed E-state index contributed by atoms with van der Waals surface area (Å²) in [6, 6.07) is 0. The van der Waals surface area contributed by atoms with E-state index in [-0.39, 0.29) is 0 Å². The maximum Gasteiger partial charge on any atom is 0.347 e. The molecule has 1 aromatic rings. The number of rotatable bonds is 2. The Morgan fingerprint density at radius 3 is 2.67 bits per heavy atom. The fourth-order valence-corrected chi connectivity index (χ4v) is 3.01. The van der Waals surface area contributed by atoms with Gasteiger partial charge in [0, 0.05) is 5.92 Å². The normalized spacial score (nSPS) is 26.5. The molecule has 0 aromatic carbocycles. The monoisotopic (exact) mass is 225 g/mol. The van der Waals surface area contributed by atoms with Crippen LogP contribution in [0.4, 0.5) is 0 Å². The Bertz CT molecular complexity index is 353. The molecule has 1 heterocycles. The number of hydrogen-bond acceptors (Lipinski definition) is 3. The van der Waals surface area contributed by atoms with E-state index in [1.54, 1.807) is 0 Å². The van der Waals surface area contributed by atoms with Crippen LogP contribution in [0.2, 0.25) is 0 Å². The van der Waals surface area contributed by atoms with E-state index in [1.807, 2.05) is 0 Å². The van der Waals surface area contributed by atoms with Crippen LogP contribution in [0.1, 0.15) is 53.2 Å². The van der Waals surface area contributed by atoms with Gasteiger partial charge < -0.3 is 5.11 Å². The smallest absolute Gasteiger partial charge is 0.347 e. The molecule has 0 unspecified atom stereocenters. The van der Waals surface area contributed by atoms with Gasteiger partial charge in [-0.25, -0.2) is 9.78 Å². The van der Waals surface area contributed by atoms with Crippen molar-refractivity contribution in [3.63, 3.8) is 0 Å². The Kier molecular flexibility index (Phi) is 3.05. The summed E-state index contributed by atoms with van der Waals surface area (Å²) in [4.78, 5) is 15.3. The minimum Gasteiger partial charge on any atom is -0.477 e. The molecular weight excluding hydrogens is 210 g/mol. The summed E-state index contributed by atoms with van der Waals surface area (Å²) < 4.78 is 0. The third-order valence-electron chi connectivity index (χ3n) is 3.10. The number of hydrogen-bond donors (Lipinski definition) is 1. The zero-order valence-electron chi connectivity index (χ0n) is 8.77. The Balaban J connectivity index is 2.06. The lowest BCUT2D eigenvalue weighted by atomic mass is 9.83. The quantitative estimate of drug-likeness (QED) is 0.841. The van der Waals surface area contributed by atoms with Crippen LogP contribution in [0.3, 0.4) is 0 Å². The average molecular weight is 225 g/mol. The van der Waals surface area contributed by atoms with Crippen molar-refractivity contribution >= 4 is 17.3 Å². The first kappa shape index (κ1) is 10.6. The molecule has 15 heavy (non-hydrogen) atoms. The third-order valence-corrected chi connectivity index (χ3v) is 4.25. The molecule has 0 amide bonds. The molecule has 3 nitrogen and oxygen atoms in total. The van der Waals surface area contributed by atoms with Gasteiger partial charge in [-0.3, -0.25) is 0 Å². The van der Waals surface area contributed by atoms with Gasteiger partial charge in [0.2, 0.25) is 0 Å². The van der Waals surface area contributed by atoms with Crippen molar-refractivity contribution in [2.24, 2.45) is 5.92 Å². The van der Waals surface area contributed by atoms with Gasteiger partial charge in [0.25, 0.3) is 0 Å². The summed E-state index contributed by atoms with van der Waals surface area (Å²) in [5.41, 5.74) is 0. The zero-order chi connectivity index (χ0) is 10.8. The predicted octanol–water partition coefficient (Wildman–Crippen LogP) is 3.14. The van der Waals surface area contributed by atoms with E-state index in [0.29, 0.717) is 10.8 Å². The van der Waals surface area contributed by atoms with Crippen molar-refractivity contribution in [3.8, 4) is 0 Å². The highest BCUT2D eigenvalue weighted by Gasteiger charge is 2.22. The van der Waals surface area contributed by atoms with Crippen molar-refractivity contribution in [1.29, 1.82) is 0 Å². The summed E-state index contributed by atoms with van der Waals surface area (Å²) in [5.74, 6) is 0.461. The Hall–Kier alpha value is -0.900. The van der Waals surface area contributed by atoms with E-state index in [2.05, 4.69) is 11.9 Å². The van der Waals surface area contributed by atoms with E-state index in [4.69, 9.17) is 5.11 Å². The molecule has 4 heteroatoms. The highest BCUT2D eigenvalue weighted by atomic mass is 32.1. The van der Waals surface area contributed by atoms with Gasteiger partial charge in [0.1, 0.15) is 4.88 Å². The molecular formula is C11H15NO2S. The minimum atomic E-state index is -0.858. The molecule has 1 aliphatic carbocycles. The Labute approximate surface area is 93.2 Å². The summed E-state index contributed by atoms with van der Waals surface area (Å²) in [5, 5.41) is 9.82. The minimum absolute atomic E-state index is 0.364. The topological polar surface area (TPSA) is 50.2 Å². The van der Waals surface area contributed by atoms with Gasteiger partial charge in [-0.2, -0.15) is 0 Å². The molecule has 0 bridgehead atoms. The number of carbonyl (C=O) groups is 1. The van der Waals surface area contributed by atoms with Crippen LogP contribution in [0.15, 0.2) is 6.20 Å². The zero-order valence-corrected chi connectivity index (χ0v) is 9.59. The molecule has 1 N–H and O–H groups in total. The molecule has 1 aromatic heterocycles. The van der Waals surface area contributed by atoms with Gasteiger partial charge >= 0.3 is 5.97 Å². The number of nitrogens with zero attached hydrogens (tertiary/aromatic N) is 1. The summed E-state index contributed by atoms with van der Waals surface area (Å²) >= 11 is 1.34. The van der Waals surface area contributed by atoms with Crippen LogP contribution in [0, 0.1) is 5.92 Å². The van der Waals surface area contributed by atoms with Gasteiger partial charge in [-0.1, -0.05) is 19.8 Å². The lowest BCUT2D eigenvalue weighted by Gasteiger charge is -2.24. The van der Waals surface area contributed by atoms with Crippen LogP contribution in [-0.4, -0.2) is 16.1 Å². The molecule has 0 spiro atoms. The molecule has 82 valence electrons. The van der Waals surface area contributed by atoms with Gasteiger partial charge in [0.05, 0.1) is 11.2 Å². The Morgan fingerprint density at radius 1 is 1.47 bits per heavy atom. The van der Waals surface area contributed by atoms with Crippen LogP contribution < -0.4 is 0 Å². The molecule has 1 fully saturated rings. The standard InChI is InChI=1S/C11H15NO2S/c1-7-2-4-8(5-3-7)10-12-6-9(15-10)11(13)14/h6-8H,2-5H2,1H3,(H,13,14). The van der Waals surface area contributed by atoms with E-state index in [9.17, 15) is 4.79 Å². The van der Waals surface area contributed by atoms with Crippen LogP contribution in [0.5, 0.6) is 0 Å². The lowest BCUT2D eigenvalue weighted by molar-refractivity contribution is 0.0702. The average Bonchev–Trinajstić information content (AvgIpc) is 2.68. The van der Waals surface area contributed by atoms with Crippen molar-refractivity contribution in [2.45, 2.75) is 38.5 Å². The van der Waals surface area contributed by atoms with Crippen molar-refractivity contribution in [2.75, 3.05) is 0 Å². The van der Waals surface area contributed by atoms with Gasteiger partial charge in [0.15, 0.2) is 0 Å². The third kappa shape index (κ3) is 2.37. The SMILES string of the molecule is CC1CCC(c2ncc(C(=O)O)s2)CC1. The molecule has 0 atom stereocenters. The number of carboxylic acids is 1. The van der Waals surface area contributed by atoms with Crippen molar-refractivity contribution in [1.82, 2.24) is 4.98 Å². The number of carboxylic acid groups (broad SMARTS) is 1. The van der Waals surface area contributed by atoms with E-state index >= 15 is 0 Å².